The Morgan fingerprint density at radius 2 is 2.11 bits per heavy atom. The second kappa shape index (κ2) is 3.42. The number of nitrogens with one attached hydrogen (secondary N) is 1. The van der Waals surface area contributed by atoms with Crippen molar-refractivity contribution in [2.24, 2.45) is 0 Å². The topological polar surface area (TPSA) is 80.6 Å². The lowest BCUT2D eigenvalue weighted by Gasteiger charge is -2.16. The highest BCUT2D eigenvalue weighted by molar-refractivity contribution is 6.32. The number of halogens is 1. The van der Waals surface area contributed by atoms with Crippen molar-refractivity contribution >= 4 is 22.6 Å². The van der Waals surface area contributed by atoms with Gasteiger partial charge in [0.1, 0.15) is 0 Å². The molecule has 6 nitrogen and oxygen atoms in total. The maximum atomic E-state index is 12.1. The summed E-state index contributed by atoms with van der Waals surface area (Å²) in [6.07, 6.45) is 0.475. The van der Waals surface area contributed by atoms with Gasteiger partial charge >= 0.3 is 5.69 Å². The van der Waals surface area contributed by atoms with E-state index in [9.17, 15) is 9.59 Å². The maximum Gasteiger partial charge on any atom is 0.352 e. The van der Waals surface area contributed by atoms with Crippen LogP contribution in [0.5, 0.6) is 0 Å². The number of H-pyrrole nitrogens is 1. The summed E-state index contributed by atoms with van der Waals surface area (Å²) in [6.45, 7) is 0.268. The highest BCUT2D eigenvalue weighted by atomic mass is 35.5. The molecule has 19 heavy (non-hydrogen) atoms. The molecule has 0 radical (unpaired) electrons. The molecule has 7 heteroatoms. The van der Waals surface area contributed by atoms with Crippen molar-refractivity contribution < 1.29 is 0 Å². The summed E-state index contributed by atoms with van der Waals surface area (Å²) in [6, 6.07) is 3.55. The van der Waals surface area contributed by atoms with Gasteiger partial charge in [0.15, 0.2) is 11.5 Å². The molecule has 4 rings (SSSR count). The van der Waals surface area contributed by atoms with E-state index < -0.39 is 11.2 Å². The Kier molecular flexibility index (Phi) is 1.92. The molecular weight excluding hydrogens is 268 g/mol. The molecule has 0 amide bonds. The first-order valence-electron chi connectivity index (χ1n) is 5.77. The van der Waals surface area contributed by atoms with Gasteiger partial charge in [-0.3, -0.25) is 9.36 Å². The first-order valence-corrected chi connectivity index (χ1v) is 6.15. The Hall–Kier alpha value is -2.21. The van der Waals surface area contributed by atoms with E-state index in [1.165, 1.54) is 0 Å². The van der Waals surface area contributed by atoms with E-state index in [0.29, 0.717) is 17.0 Å². The third-order valence-corrected chi connectivity index (χ3v) is 3.75. The molecule has 1 aromatic rings. The monoisotopic (exact) mass is 274 g/mol. The normalized spacial score (nSPS) is 13.5. The molecule has 1 N–H and O–H groups in total. The van der Waals surface area contributed by atoms with E-state index in [2.05, 4.69) is 15.0 Å². The van der Waals surface area contributed by atoms with Crippen LogP contribution in [0.1, 0.15) is 5.56 Å². The number of aromatic amines is 1. The van der Waals surface area contributed by atoms with Crippen LogP contribution in [0, 0.1) is 0 Å². The minimum absolute atomic E-state index is 0.176. The van der Waals surface area contributed by atoms with Crippen LogP contribution in [0.2, 0.25) is 5.02 Å². The van der Waals surface area contributed by atoms with E-state index in [0.717, 1.165) is 15.6 Å². The predicted octanol–water partition coefficient (Wildman–Crippen LogP) is 0.794. The fourth-order valence-corrected chi connectivity index (χ4v) is 2.70. The van der Waals surface area contributed by atoms with Crippen LogP contribution in [0.4, 0.5) is 0 Å². The van der Waals surface area contributed by atoms with Gasteiger partial charge in [-0.15, -0.1) is 0 Å². The molecule has 1 aromatic carbocycles. The number of fused-ring (bicyclic) bond motifs is 1. The minimum atomic E-state index is -0.559. The van der Waals surface area contributed by atoms with Crippen LogP contribution in [-0.4, -0.2) is 19.5 Å². The Balaban J connectivity index is 2.36. The van der Waals surface area contributed by atoms with Crippen molar-refractivity contribution in [1.82, 2.24) is 19.5 Å². The molecule has 94 valence electrons. The van der Waals surface area contributed by atoms with Crippen LogP contribution >= 0.6 is 11.6 Å². The molecule has 0 unspecified atom stereocenters. The molecule has 3 bridgehead atoms. The van der Waals surface area contributed by atoms with Crippen molar-refractivity contribution in [2.45, 2.75) is 13.0 Å². The SMILES string of the molecule is O=c1nc2[nH]c3ccc(Cl)c4c3nc-2c(=O)n1CC4. The summed E-state index contributed by atoms with van der Waals surface area (Å²) in [5.74, 6) is 0.217. The fourth-order valence-electron chi connectivity index (χ4n) is 2.45. The minimum Gasteiger partial charge on any atom is -0.336 e. The van der Waals surface area contributed by atoms with E-state index in [1.54, 1.807) is 12.1 Å². The Bertz CT molecular complexity index is 927. The third-order valence-electron chi connectivity index (χ3n) is 3.40. The van der Waals surface area contributed by atoms with Gasteiger partial charge in [0, 0.05) is 17.1 Å². The van der Waals surface area contributed by atoms with Crippen LogP contribution in [-0.2, 0) is 13.0 Å². The van der Waals surface area contributed by atoms with Crippen molar-refractivity contribution in [2.75, 3.05) is 0 Å². The highest BCUT2D eigenvalue weighted by Gasteiger charge is 2.22. The van der Waals surface area contributed by atoms with Crippen LogP contribution < -0.4 is 11.2 Å². The van der Waals surface area contributed by atoms with Crippen LogP contribution in [0.25, 0.3) is 22.6 Å². The quantitative estimate of drug-likeness (QED) is 0.615. The zero-order valence-corrected chi connectivity index (χ0v) is 10.4. The number of hydrogen-bond acceptors (Lipinski definition) is 4. The summed E-state index contributed by atoms with van der Waals surface area (Å²) in [5.41, 5.74) is 1.45. The molecule has 3 heterocycles. The van der Waals surface area contributed by atoms with E-state index in [4.69, 9.17) is 11.6 Å². The first kappa shape index (κ1) is 10.7. The number of nitrogens with zero attached hydrogens (tertiary/aromatic N) is 3. The third kappa shape index (κ3) is 1.31. The Labute approximate surface area is 111 Å². The van der Waals surface area contributed by atoms with Gasteiger partial charge in [0.2, 0.25) is 0 Å². The molecule has 3 aliphatic rings. The van der Waals surface area contributed by atoms with Crippen LogP contribution in [0.15, 0.2) is 21.7 Å². The highest BCUT2D eigenvalue weighted by Crippen LogP contribution is 2.27. The maximum absolute atomic E-state index is 12.1. The van der Waals surface area contributed by atoms with Gasteiger partial charge in [-0.2, -0.15) is 4.98 Å². The van der Waals surface area contributed by atoms with Gasteiger partial charge in [-0.25, -0.2) is 9.78 Å². The zero-order valence-electron chi connectivity index (χ0n) is 9.61. The number of aromatic nitrogens is 4. The molecule has 0 saturated heterocycles. The van der Waals surface area contributed by atoms with Crippen LogP contribution in [0.3, 0.4) is 0 Å². The lowest BCUT2D eigenvalue weighted by atomic mass is 10.1. The lowest BCUT2D eigenvalue weighted by Crippen LogP contribution is -2.39. The van der Waals surface area contributed by atoms with E-state index in [1.807, 2.05) is 0 Å². The van der Waals surface area contributed by atoms with Crippen molar-refractivity contribution in [3.8, 4) is 11.5 Å². The predicted molar refractivity (Wildman–Crippen MR) is 69.8 cm³/mol. The van der Waals surface area contributed by atoms with Gasteiger partial charge < -0.3 is 4.98 Å². The Morgan fingerprint density at radius 3 is 2.95 bits per heavy atom. The number of hydrogen-bond donors (Lipinski definition) is 1. The number of rotatable bonds is 0. The number of benzene rings is 1. The molecular formula is C12H7ClN4O2. The van der Waals surface area contributed by atoms with E-state index >= 15 is 0 Å². The standard InChI is InChI=1S/C12H7ClN4O2/c13-6-1-2-7-8-5(6)3-4-17-11(18)9(15-8)10(14-7)16-12(17)19/h1-2H,3-4H2,(H,14,16,19). The van der Waals surface area contributed by atoms with Gasteiger partial charge in [-0.05, 0) is 18.6 Å². The molecule has 0 fully saturated rings. The molecule has 0 saturated carbocycles. The average molecular weight is 275 g/mol. The van der Waals surface area contributed by atoms with Gasteiger partial charge in [0.25, 0.3) is 5.56 Å². The lowest BCUT2D eigenvalue weighted by molar-refractivity contribution is 0.621. The molecule has 3 aliphatic heterocycles. The fraction of sp³-hybridized carbons (Fsp3) is 0.167. The summed E-state index contributed by atoms with van der Waals surface area (Å²) in [7, 11) is 0. The number of aryl methyl sites for hydroxylation is 1. The summed E-state index contributed by atoms with van der Waals surface area (Å²) in [4.78, 5) is 35.1. The molecule has 0 aliphatic carbocycles. The second-order valence-corrected chi connectivity index (χ2v) is 4.86. The average Bonchev–Trinajstić information content (AvgIpc) is 2.38. The molecule has 0 spiro atoms. The Morgan fingerprint density at radius 1 is 1.26 bits per heavy atom. The smallest absolute Gasteiger partial charge is 0.336 e. The second-order valence-electron chi connectivity index (χ2n) is 4.46. The van der Waals surface area contributed by atoms with Crippen molar-refractivity contribution in [1.29, 1.82) is 0 Å². The first-order chi connectivity index (χ1) is 9.15. The van der Waals surface area contributed by atoms with Crippen molar-refractivity contribution in [3.63, 3.8) is 0 Å². The van der Waals surface area contributed by atoms with Crippen molar-refractivity contribution in [3.05, 3.63) is 43.6 Å². The molecule has 0 atom stereocenters. The molecule has 0 aromatic heterocycles. The van der Waals surface area contributed by atoms with E-state index in [-0.39, 0.29) is 18.1 Å². The largest absolute Gasteiger partial charge is 0.352 e. The van der Waals surface area contributed by atoms with Gasteiger partial charge in [0.05, 0.1) is 11.0 Å². The summed E-state index contributed by atoms with van der Waals surface area (Å²) in [5, 5.41) is 0.589. The summed E-state index contributed by atoms with van der Waals surface area (Å²) >= 11 is 6.17. The van der Waals surface area contributed by atoms with Gasteiger partial charge in [-0.1, -0.05) is 11.6 Å². The summed E-state index contributed by atoms with van der Waals surface area (Å²) < 4.78 is 1.10. The zero-order chi connectivity index (χ0) is 13.1.